The molecule has 0 aliphatic rings. The van der Waals surface area contributed by atoms with Gasteiger partial charge in [0.15, 0.2) is 0 Å². The predicted octanol–water partition coefficient (Wildman–Crippen LogP) is 3.13. The molecule has 0 saturated heterocycles. The van der Waals surface area contributed by atoms with Gasteiger partial charge in [0.1, 0.15) is 11.5 Å². The van der Waals surface area contributed by atoms with Crippen LogP contribution < -0.4 is 4.74 Å². The van der Waals surface area contributed by atoms with Gasteiger partial charge in [-0.15, -0.1) is 0 Å². The van der Waals surface area contributed by atoms with Crippen molar-refractivity contribution in [2.24, 2.45) is 0 Å². The number of aromatic nitrogens is 2. The highest BCUT2D eigenvalue weighted by molar-refractivity contribution is 5.85. The Kier molecular flexibility index (Phi) is 2.53. The summed E-state index contributed by atoms with van der Waals surface area (Å²) in [5.74, 6) is 0.918. The third-order valence-electron chi connectivity index (χ3n) is 2.55. The molecule has 0 fully saturated rings. The van der Waals surface area contributed by atoms with Crippen molar-refractivity contribution >= 4 is 10.8 Å². The van der Waals surface area contributed by atoms with Crippen LogP contribution in [0.4, 0.5) is 0 Å². The number of hydrogen-bond acceptors (Lipinski definition) is 4. The number of phenolic OH excluding ortho intramolecular Hbond substituents is 1. The Hall–Kier alpha value is -2.62. The van der Waals surface area contributed by atoms with Crippen LogP contribution in [0.5, 0.6) is 17.5 Å². The van der Waals surface area contributed by atoms with Crippen molar-refractivity contribution in [1.29, 1.82) is 0 Å². The smallest absolute Gasteiger partial charge is 0.321 e. The fourth-order valence-corrected chi connectivity index (χ4v) is 1.72. The van der Waals surface area contributed by atoms with Crippen molar-refractivity contribution in [3.05, 3.63) is 54.9 Å². The van der Waals surface area contributed by atoms with Gasteiger partial charge in [0, 0.05) is 12.4 Å². The molecule has 1 aromatic heterocycles. The molecule has 1 heterocycles. The second kappa shape index (κ2) is 4.33. The van der Waals surface area contributed by atoms with Crippen molar-refractivity contribution in [2.45, 2.75) is 0 Å². The van der Waals surface area contributed by atoms with E-state index in [0.717, 1.165) is 10.8 Å². The lowest BCUT2D eigenvalue weighted by atomic mass is 10.1. The first-order chi connectivity index (χ1) is 8.81. The highest BCUT2D eigenvalue weighted by Gasteiger charge is 2.01. The molecule has 3 aromatic rings. The van der Waals surface area contributed by atoms with E-state index in [-0.39, 0.29) is 5.75 Å². The molecule has 0 saturated carbocycles. The zero-order valence-electron chi connectivity index (χ0n) is 9.45. The van der Waals surface area contributed by atoms with E-state index in [0.29, 0.717) is 11.8 Å². The van der Waals surface area contributed by atoms with Gasteiger partial charge in [-0.05, 0) is 41.1 Å². The van der Waals surface area contributed by atoms with E-state index in [9.17, 15) is 5.11 Å². The van der Waals surface area contributed by atoms with Crippen LogP contribution in [0.15, 0.2) is 54.9 Å². The Morgan fingerprint density at radius 3 is 2.44 bits per heavy atom. The van der Waals surface area contributed by atoms with E-state index in [2.05, 4.69) is 9.97 Å². The minimum Gasteiger partial charge on any atom is -0.508 e. The summed E-state index contributed by atoms with van der Waals surface area (Å²) in [7, 11) is 0. The fourth-order valence-electron chi connectivity index (χ4n) is 1.72. The second-order valence-electron chi connectivity index (χ2n) is 3.83. The first-order valence-corrected chi connectivity index (χ1v) is 5.49. The van der Waals surface area contributed by atoms with Crippen molar-refractivity contribution in [3.63, 3.8) is 0 Å². The van der Waals surface area contributed by atoms with Crippen LogP contribution in [-0.2, 0) is 0 Å². The highest BCUT2D eigenvalue weighted by Crippen LogP contribution is 2.26. The summed E-state index contributed by atoms with van der Waals surface area (Å²) >= 11 is 0. The first-order valence-electron chi connectivity index (χ1n) is 5.49. The zero-order chi connectivity index (χ0) is 12.4. The monoisotopic (exact) mass is 238 g/mol. The number of ether oxygens (including phenoxy) is 1. The first kappa shape index (κ1) is 10.5. The van der Waals surface area contributed by atoms with E-state index >= 15 is 0 Å². The van der Waals surface area contributed by atoms with E-state index in [1.165, 1.54) is 0 Å². The Morgan fingerprint density at radius 2 is 1.61 bits per heavy atom. The number of fused-ring (bicyclic) bond motifs is 1. The number of benzene rings is 2. The lowest BCUT2D eigenvalue weighted by Crippen LogP contribution is -1.89. The summed E-state index contributed by atoms with van der Waals surface area (Å²) in [6.45, 7) is 0. The van der Waals surface area contributed by atoms with Crippen LogP contribution in [-0.4, -0.2) is 15.1 Å². The summed E-state index contributed by atoms with van der Waals surface area (Å²) in [5.41, 5.74) is 0. The molecule has 0 atom stereocenters. The third-order valence-corrected chi connectivity index (χ3v) is 2.55. The van der Waals surface area contributed by atoms with E-state index < -0.39 is 0 Å². The summed E-state index contributed by atoms with van der Waals surface area (Å²) in [5, 5.41) is 11.3. The third kappa shape index (κ3) is 2.08. The van der Waals surface area contributed by atoms with Gasteiger partial charge in [0.25, 0.3) is 0 Å². The molecule has 2 aromatic carbocycles. The molecular weight excluding hydrogens is 228 g/mol. The van der Waals surface area contributed by atoms with Crippen LogP contribution in [0, 0.1) is 0 Å². The van der Waals surface area contributed by atoms with Gasteiger partial charge in [0.05, 0.1) is 0 Å². The number of rotatable bonds is 2. The fraction of sp³-hybridized carbons (Fsp3) is 0. The Morgan fingerprint density at radius 1 is 0.889 bits per heavy atom. The van der Waals surface area contributed by atoms with Crippen molar-refractivity contribution in [2.75, 3.05) is 0 Å². The molecule has 0 spiro atoms. The molecule has 18 heavy (non-hydrogen) atoms. The minimum absolute atomic E-state index is 0.252. The van der Waals surface area contributed by atoms with Crippen molar-refractivity contribution in [1.82, 2.24) is 9.97 Å². The molecule has 4 heteroatoms. The maximum atomic E-state index is 9.38. The van der Waals surface area contributed by atoms with Crippen LogP contribution in [0.25, 0.3) is 10.8 Å². The zero-order valence-corrected chi connectivity index (χ0v) is 9.45. The number of aromatic hydroxyl groups is 1. The summed E-state index contributed by atoms with van der Waals surface area (Å²) < 4.78 is 5.53. The molecule has 3 rings (SSSR count). The van der Waals surface area contributed by atoms with Crippen LogP contribution in [0.2, 0.25) is 0 Å². The molecule has 0 aliphatic heterocycles. The second-order valence-corrected chi connectivity index (χ2v) is 3.83. The van der Waals surface area contributed by atoms with Gasteiger partial charge >= 0.3 is 6.01 Å². The van der Waals surface area contributed by atoms with Crippen LogP contribution in [0.3, 0.4) is 0 Å². The molecule has 0 bridgehead atoms. The molecule has 4 nitrogen and oxygen atoms in total. The number of nitrogens with zero attached hydrogens (tertiary/aromatic N) is 2. The minimum atomic E-state index is 0.252. The van der Waals surface area contributed by atoms with Gasteiger partial charge in [-0.1, -0.05) is 12.1 Å². The van der Waals surface area contributed by atoms with Crippen LogP contribution >= 0.6 is 0 Å². The van der Waals surface area contributed by atoms with Gasteiger partial charge < -0.3 is 9.84 Å². The standard InChI is InChI=1S/C14H10N2O2/c17-12-4-2-11-9-13(5-3-10(11)8-12)18-14-15-6-1-7-16-14/h1-9,17H. The maximum Gasteiger partial charge on any atom is 0.321 e. The summed E-state index contributed by atoms with van der Waals surface area (Å²) in [6.07, 6.45) is 3.25. The quantitative estimate of drug-likeness (QED) is 0.745. The average molecular weight is 238 g/mol. The number of phenols is 1. The lowest BCUT2D eigenvalue weighted by molar-refractivity contribution is 0.442. The number of hydrogen-bond donors (Lipinski definition) is 1. The molecule has 88 valence electrons. The van der Waals surface area contributed by atoms with E-state index in [1.807, 2.05) is 24.3 Å². The Bertz CT molecular complexity index is 684. The SMILES string of the molecule is Oc1ccc2cc(Oc3ncccn3)ccc2c1. The van der Waals surface area contributed by atoms with Crippen molar-refractivity contribution < 1.29 is 9.84 Å². The summed E-state index contributed by atoms with van der Waals surface area (Å²) in [6, 6.07) is 12.8. The topological polar surface area (TPSA) is 55.2 Å². The molecule has 0 unspecified atom stereocenters. The molecule has 0 amide bonds. The molecule has 1 N–H and O–H groups in total. The molecular formula is C14H10N2O2. The van der Waals surface area contributed by atoms with E-state index in [1.54, 1.807) is 30.6 Å². The van der Waals surface area contributed by atoms with Crippen LogP contribution in [0.1, 0.15) is 0 Å². The van der Waals surface area contributed by atoms with Gasteiger partial charge in [-0.2, -0.15) is 0 Å². The maximum absolute atomic E-state index is 9.38. The van der Waals surface area contributed by atoms with Gasteiger partial charge in [-0.3, -0.25) is 0 Å². The van der Waals surface area contributed by atoms with Gasteiger partial charge in [0.2, 0.25) is 0 Å². The van der Waals surface area contributed by atoms with Gasteiger partial charge in [-0.25, -0.2) is 9.97 Å². The normalized spacial score (nSPS) is 10.4. The Labute approximate surface area is 104 Å². The molecule has 0 radical (unpaired) electrons. The summed E-state index contributed by atoms with van der Waals surface area (Å²) in [4.78, 5) is 7.99. The predicted molar refractivity (Wildman–Crippen MR) is 67.7 cm³/mol. The highest BCUT2D eigenvalue weighted by atomic mass is 16.5. The lowest BCUT2D eigenvalue weighted by Gasteiger charge is -2.05. The van der Waals surface area contributed by atoms with Crippen molar-refractivity contribution in [3.8, 4) is 17.5 Å². The Balaban J connectivity index is 1.96. The van der Waals surface area contributed by atoms with E-state index in [4.69, 9.17) is 4.74 Å². The largest absolute Gasteiger partial charge is 0.508 e. The molecule has 0 aliphatic carbocycles. The average Bonchev–Trinajstić information content (AvgIpc) is 2.40.